The molecule has 2 aromatic rings. The summed E-state index contributed by atoms with van der Waals surface area (Å²) in [6.45, 7) is 8.42. The number of nitrogens with one attached hydrogen (secondary N) is 1. The highest BCUT2D eigenvalue weighted by Crippen LogP contribution is 2.18. The number of likely N-dealkylation sites (tertiary alicyclic amines) is 1. The number of nitrogens with zero attached hydrogens (tertiary/aromatic N) is 3. The van der Waals surface area contributed by atoms with Crippen molar-refractivity contribution in [2.24, 2.45) is 5.92 Å². The van der Waals surface area contributed by atoms with Crippen molar-refractivity contribution < 1.29 is 4.79 Å². The van der Waals surface area contributed by atoms with Gasteiger partial charge in [-0.15, -0.1) is 0 Å². The largest absolute Gasteiger partial charge is 0.338 e. The summed E-state index contributed by atoms with van der Waals surface area (Å²) in [4.78, 5) is 19.8. The first-order valence-corrected chi connectivity index (χ1v) is 12.3. The van der Waals surface area contributed by atoms with Gasteiger partial charge in [-0.2, -0.15) is 0 Å². The fourth-order valence-electron chi connectivity index (χ4n) is 4.83. The molecule has 172 valence electrons. The van der Waals surface area contributed by atoms with Crippen LogP contribution < -0.4 is 5.32 Å². The third-order valence-electron chi connectivity index (χ3n) is 6.59. The van der Waals surface area contributed by atoms with E-state index in [1.54, 1.807) is 0 Å². The van der Waals surface area contributed by atoms with Gasteiger partial charge in [-0.1, -0.05) is 54.1 Å². The summed E-state index contributed by atoms with van der Waals surface area (Å²) in [7, 11) is 0. The van der Waals surface area contributed by atoms with Crippen molar-refractivity contribution in [2.75, 3.05) is 45.8 Å². The van der Waals surface area contributed by atoms with Crippen LogP contribution in [0.5, 0.6) is 0 Å². The topological polar surface area (TPSA) is 38.8 Å². The van der Waals surface area contributed by atoms with E-state index in [0.29, 0.717) is 5.92 Å². The Kier molecular flexibility index (Phi) is 8.43. The van der Waals surface area contributed by atoms with Crippen molar-refractivity contribution >= 4 is 17.6 Å². The highest BCUT2D eigenvalue weighted by Gasteiger charge is 2.23. The lowest BCUT2D eigenvalue weighted by molar-refractivity contribution is 0.159. The van der Waals surface area contributed by atoms with E-state index < -0.39 is 0 Å². The van der Waals surface area contributed by atoms with Gasteiger partial charge in [0.1, 0.15) is 0 Å². The van der Waals surface area contributed by atoms with Crippen LogP contribution in [0.1, 0.15) is 30.4 Å². The van der Waals surface area contributed by atoms with Gasteiger partial charge >= 0.3 is 6.03 Å². The van der Waals surface area contributed by atoms with E-state index in [1.807, 2.05) is 17.0 Å². The molecule has 2 saturated heterocycles. The molecule has 0 aliphatic carbocycles. The molecule has 0 spiro atoms. The number of rotatable bonds is 6. The van der Waals surface area contributed by atoms with Crippen LogP contribution >= 0.6 is 11.6 Å². The average molecular weight is 455 g/mol. The number of benzene rings is 2. The lowest BCUT2D eigenvalue weighted by Crippen LogP contribution is -2.46. The van der Waals surface area contributed by atoms with E-state index in [2.05, 4.69) is 57.6 Å². The van der Waals surface area contributed by atoms with Crippen LogP contribution in [0.15, 0.2) is 54.6 Å². The van der Waals surface area contributed by atoms with Gasteiger partial charge in [0.25, 0.3) is 0 Å². The molecule has 4 rings (SSSR count). The number of urea groups is 1. The van der Waals surface area contributed by atoms with Crippen molar-refractivity contribution in [1.82, 2.24) is 20.0 Å². The van der Waals surface area contributed by atoms with Crippen molar-refractivity contribution in [1.29, 1.82) is 0 Å². The Morgan fingerprint density at radius 1 is 0.844 bits per heavy atom. The number of carbonyl (C=O) groups is 1. The lowest BCUT2D eigenvalue weighted by Gasteiger charge is -2.33. The van der Waals surface area contributed by atoms with Crippen LogP contribution in [-0.2, 0) is 13.1 Å². The summed E-state index contributed by atoms with van der Waals surface area (Å²) in [5, 5.41) is 4.00. The van der Waals surface area contributed by atoms with Crippen LogP contribution in [0.4, 0.5) is 4.79 Å². The molecule has 2 aromatic carbocycles. The zero-order chi connectivity index (χ0) is 22.2. The van der Waals surface area contributed by atoms with Crippen LogP contribution in [0.25, 0.3) is 0 Å². The van der Waals surface area contributed by atoms with E-state index in [-0.39, 0.29) is 6.03 Å². The molecule has 1 atom stereocenters. The maximum Gasteiger partial charge on any atom is 0.317 e. The van der Waals surface area contributed by atoms with E-state index in [1.165, 1.54) is 24.0 Å². The zero-order valence-corrected chi connectivity index (χ0v) is 19.6. The highest BCUT2D eigenvalue weighted by molar-refractivity contribution is 6.30. The van der Waals surface area contributed by atoms with Crippen molar-refractivity contribution in [3.05, 3.63) is 70.7 Å². The summed E-state index contributed by atoms with van der Waals surface area (Å²) in [5.41, 5.74) is 2.63. The van der Waals surface area contributed by atoms with Crippen molar-refractivity contribution in [2.45, 2.75) is 32.4 Å². The van der Waals surface area contributed by atoms with Crippen molar-refractivity contribution in [3.8, 4) is 0 Å². The fourth-order valence-corrected chi connectivity index (χ4v) is 4.95. The number of amides is 2. The predicted molar refractivity (Wildman–Crippen MR) is 131 cm³/mol. The molecule has 0 bridgehead atoms. The lowest BCUT2D eigenvalue weighted by atomic mass is 9.97. The van der Waals surface area contributed by atoms with Gasteiger partial charge < -0.3 is 10.2 Å². The Balaban J connectivity index is 1.19. The molecule has 1 N–H and O–H groups in total. The molecule has 2 aliphatic rings. The minimum Gasteiger partial charge on any atom is -0.338 e. The normalized spacial score (nSPS) is 20.7. The number of halogens is 1. The summed E-state index contributed by atoms with van der Waals surface area (Å²) in [5.74, 6) is 0.532. The molecule has 32 heavy (non-hydrogen) atoms. The second-order valence-electron chi connectivity index (χ2n) is 9.16. The molecule has 0 aromatic heterocycles. The third kappa shape index (κ3) is 6.96. The Labute approximate surface area is 197 Å². The molecule has 6 heteroatoms. The molecule has 2 amide bonds. The van der Waals surface area contributed by atoms with Crippen molar-refractivity contribution in [3.63, 3.8) is 0 Å². The van der Waals surface area contributed by atoms with Gasteiger partial charge in [-0.05, 0) is 55.0 Å². The molecule has 0 radical (unpaired) electrons. The van der Waals surface area contributed by atoms with Gasteiger partial charge in [-0.25, -0.2) is 4.79 Å². The number of piperidine rings is 1. The first-order chi connectivity index (χ1) is 15.7. The molecular weight excluding hydrogens is 420 g/mol. The minimum atomic E-state index is 0.0959. The second kappa shape index (κ2) is 11.7. The molecule has 2 fully saturated rings. The highest BCUT2D eigenvalue weighted by atomic mass is 35.5. The smallest absolute Gasteiger partial charge is 0.317 e. The van der Waals surface area contributed by atoms with Gasteiger partial charge in [0.15, 0.2) is 0 Å². The van der Waals surface area contributed by atoms with Crippen LogP contribution in [-0.4, -0.2) is 66.5 Å². The number of hydrogen-bond acceptors (Lipinski definition) is 3. The first-order valence-electron chi connectivity index (χ1n) is 11.9. The van der Waals surface area contributed by atoms with Gasteiger partial charge in [-0.3, -0.25) is 9.80 Å². The maximum absolute atomic E-state index is 12.8. The van der Waals surface area contributed by atoms with E-state index in [0.717, 1.165) is 70.3 Å². The van der Waals surface area contributed by atoms with Gasteiger partial charge in [0.05, 0.1) is 0 Å². The van der Waals surface area contributed by atoms with Gasteiger partial charge in [0.2, 0.25) is 0 Å². The van der Waals surface area contributed by atoms with Crippen LogP contribution in [0.3, 0.4) is 0 Å². The number of carbonyl (C=O) groups excluding carboxylic acids is 1. The Morgan fingerprint density at radius 3 is 2.38 bits per heavy atom. The fraction of sp³-hybridized carbons (Fsp3) is 0.500. The van der Waals surface area contributed by atoms with Gasteiger partial charge in [0, 0.05) is 57.4 Å². The molecule has 5 nitrogen and oxygen atoms in total. The summed E-state index contributed by atoms with van der Waals surface area (Å²) < 4.78 is 0. The first kappa shape index (κ1) is 23.1. The maximum atomic E-state index is 12.8. The Bertz CT molecular complexity index is 845. The molecule has 1 unspecified atom stereocenters. The Hall–Kier alpha value is -2.08. The third-order valence-corrected chi connectivity index (χ3v) is 6.84. The minimum absolute atomic E-state index is 0.0959. The SMILES string of the molecule is O=C(NCC1CCCN(Cc2ccccc2)C1)N1CCCN(Cc2ccc(Cl)cc2)CC1. The second-order valence-corrected chi connectivity index (χ2v) is 9.59. The number of hydrogen-bond donors (Lipinski definition) is 1. The summed E-state index contributed by atoms with van der Waals surface area (Å²) >= 11 is 6.00. The quantitative estimate of drug-likeness (QED) is 0.699. The van der Waals surface area contributed by atoms with E-state index in [4.69, 9.17) is 11.6 Å². The summed E-state index contributed by atoms with van der Waals surface area (Å²) in [6, 6.07) is 18.8. The predicted octanol–water partition coefficient (Wildman–Crippen LogP) is 4.47. The molecular formula is C26H35ClN4O. The molecule has 2 aliphatic heterocycles. The monoisotopic (exact) mass is 454 g/mol. The van der Waals surface area contributed by atoms with Crippen LogP contribution in [0.2, 0.25) is 5.02 Å². The molecule has 2 heterocycles. The zero-order valence-electron chi connectivity index (χ0n) is 18.9. The Morgan fingerprint density at radius 2 is 1.56 bits per heavy atom. The standard InChI is InChI=1S/C26H35ClN4O/c27-25-11-9-23(10-12-25)19-29-14-5-15-31(17-16-29)26(32)28-18-24-8-4-13-30(21-24)20-22-6-2-1-3-7-22/h1-3,6-7,9-12,24H,4-5,8,13-21H2,(H,28,32). The molecule has 0 saturated carbocycles. The van der Waals surface area contributed by atoms with E-state index in [9.17, 15) is 4.79 Å². The average Bonchev–Trinajstić information content (AvgIpc) is 3.06. The van der Waals surface area contributed by atoms with Crippen LogP contribution in [0, 0.1) is 5.92 Å². The summed E-state index contributed by atoms with van der Waals surface area (Å²) in [6.07, 6.45) is 3.41. The van der Waals surface area contributed by atoms with E-state index >= 15 is 0 Å².